The van der Waals surface area contributed by atoms with E-state index in [1.807, 2.05) is 13.8 Å². The van der Waals surface area contributed by atoms with Crippen LogP contribution >= 0.6 is 15.9 Å². The number of hydrogen-bond acceptors (Lipinski definition) is 2. The van der Waals surface area contributed by atoms with Crippen LogP contribution in [0.3, 0.4) is 0 Å². The maximum Gasteiger partial charge on any atom is 0.163 e. The first-order valence-corrected chi connectivity index (χ1v) is 5.91. The second kappa shape index (κ2) is 4.24. The smallest absolute Gasteiger partial charge is 0.163 e. The molecule has 0 aromatic heterocycles. The van der Waals surface area contributed by atoms with Gasteiger partial charge in [-0.3, -0.25) is 0 Å². The molecule has 1 atom stereocenters. The third-order valence-corrected chi connectivity index (χ3v) is 2.97. The zero-order valence-corrected chi connectivity index (χ0v) is 10.6. The third kappa shape index (κ3) is 3.03. The summed E-state index contributed by atoms with van der Waals surface area (Å²) >= 11 is 3.42. The van der Waals surface area contributed by atoms with E-state index < -0.39 is 5.79 Å². The Kier molecular flexibility index (Phi) is 3.14. The summed E-state index contributed by atoms with van der Waals surface area (Å²) in [6, 6.07) is 8.32. The molecule has 1 aromatic carbocycles. The Morgan fingerprint density at radius 1 is 1.33 bits per heavy atom. The normalized spacial score (nSPS) is 24.3. The summed E-state index contributed by atoms with van der Waals surface area (Å²) in [6.07, 6.45) is 1.10. The van der Waals surface area contributed by atoms with Gasteiger partial charge in [0, 0.05) is 10.9 Å². The number of halogens is 1. The Labute approximate surface area is 98.7 Å². The topological polar surface area (TPSA) is 18.5 Å². The largest absolute Gasteiger partial charge is 0.348 e. The lowest BCUT2D eigenvalue weighted by molar-refractivity contribution is -0.138. The highest BCUT2D eigenvalue weighted by Crippen LogP contribution is 2.24. The maximum absolute atomic E-state index is 5.75. The maximum atomic E-state index is 5.75. The quantitative estimate of drug-likeness (QED) is 0.822. The van der Waals surface area contributed by atoms with Crippen LogP contribution in [0.15, 0.2) is 28.7 Å². The first-order valence-electron chi connectivity index (χ1n) is 5.11. The zero-order chi connectivity index (χ0) is 10.9. The van der Waals surface area contributed by atoms with Crippen LogP contribution in [-0.4, -0.2) is 18.5 Å². The highest BCUT2D eigenvalue weighted by Gasteiger charge is 2.32. The fourth-order valence-electron chi connectivity index (χ4n) is 1.75. The molecule has 1 aliphatic heterocycles. The number of rotatable bonds is 2. The van der Waals surface area contributed by atoms with Crippen molar-refractivity contribution in [1.29, 1.82) is 0 Å². The summed E-state index contributed by atoms with van der Waals surface area (Å²) in [6.45, 7) is 4.59. The molecule has 2 rings (SSSR count). The lowest BCUT2D eigenvalue weighted by Crippen LogP contribution is -2.22. The molecule has 82 valence electrons. The molecule has 1 heterocycles. The number of ether oxygens (including phenoxy) is 2. The second-order valence-corrected chi connectivity index (χ2v) is 5.20. The van der Waals surface area contributed by atoms with Gasteiger partial charge in [0.05, 0.1) is 12.7 Å². The summed E-state index contributed by atoms with van der Waals surface area (Å²) < 4.78 is 12.4. The van der Waals surface area contributed by atoms with Gasteiger partial charge < -0.3 is 9.47 Å². The van der Waals surface area contributed by atoms with Gasteiger partial charge in [-0.05, 0) is 31.5 Å². The summed E-state index contributed by atoms with van der Waals surface area (Å²) in [4.78, 5) is 0. The van der Waals surface area contributed by atoms with Crippen molar-refractivity contribution in [1.82, 2.24) is 0 Å². The molecule has 1 aliphatic rings. The van der Waals surface area contributed by atoms with Crippen LogP contribution in [0.2, 0.25) is 0 Å². The second-order valence-electron chi connectivity index (χ2n) is 4.28. The van der Waals surface area contributed by atoms with E-state index >= 15 is 0 Å². The minimum atomic E-state index is -0.417. The van der Waals surface area contributed by atoms with Crippen LogP contribution in [0.4, 0.5) is 0 Å². The Morgan fingerprint density at radius 2 is 2.00 bits per heavy atom. The van der Waals surface area contributed by atoms with Crippen molar-refractivity contribution in [2.24, 2.45) is 0 Å². The fraction of sp³-hybridized carbons (Fsp3) is 0.500. The molecule has 0 radical (unpaired) electrons. The van der Waals surface area contributed by atoms with E-state index in [1.165, 1.54) is 5.56 Å². The van der Waals surface area contributed by atoms with Crippen molar-refractivity contribution in [2.45, 2.75) is 32.2 Å². The van der Waals surface area contributed by atoms with Gasteiger partial charge in [-0.15, -0.1) is 0 Å². The molecule has 0 spiro atoms. The monoisotopic (exact) mass is 270 g/mol. The molecule has 1 aromatic rings. The standard InChI is InChI=1S/C12H15BrO2/c1-12(2)14-8-11(15-12)7-9-3-5-10(13)6-4-9/h3-6,11H,7-8H2,1-2H3. The Balaban J connectivity index is 1.96. The summed E-state index contributed by atoms with van der Waals surface area (Å²) in [5.41, 5.74) is 1.28. The molecular formula is C12H15BrO2. The van der Waals surface area contributed by atoms with E-state index in [1.54, 1.807) is 0 Å². The Hall–Kier alpha value is -0.380. The van der Waals surface area contributed by atoms with Gasteiger partial charge in [-0.25, -0.2) is 0 Å². The minimum absolute atomic E-state index is 0.182. The predicted octanol–water partition coefficient (Wildman–Crippen LogP) is 3.14. The van der Waals surface area contributed by atoms with Gasteiger partial charge in [-0.2, -0.15) is 0 Å². The van der Waals surface area contributed by atoms with E-state index in [0.29, 0.717) is 6.61 Å². The SMILES string of the molecule is CC1(C)OCC(Cc2ccc(Br)cc2)O1. The van der Waals surface area contributed by atoms with E-state index in [0.717, 1.165) is 10.9 Å². The molecule has 0 aliphatic carbocycles. The van der Waals surface area contributed by atoms with Crippen LogP contribution in [0.25, 0.3) is 0 Å². The van der Waals surface area contributed by atoms with Crippen molar-refractivity contribution in [3.8, 4) is 0 Å². The number of hydrogen-bond donors (Lipinski definition) is 0. The summed E-state index contributed by atoms with van der Waals surface area (Å²) in [5.74, 6) is -0.417. The molecule has 1 unspecified atom stereocenters. The highest BCUT2D eigenvalue weighted by molar-refractivity contribution is 9.10. The average molecular weight is 271 g/mol. The molecule has 3 heteroatoms. The average Bonchev–Trinajstić information content (AvgIpc) is 2.50. The van der Waals surface area contributed by atoms with Gasteiger partial charge in [-0.1, -0.05) is 28.1 Å². The van der Waals surface area contributed by atoms with Crippen molar-refractivity contribution >= 4 is 15.9 Å². The van der Waals surface area contributed by atoms with E-state index in [-0.39, 0.29) is 6.10 Å². The molecule has 15 heavy (non-hydrogen) atoms. The van der Waals surface area contributed by atoms with Gasteiger partial charge in [0.25, 0.3) is 0 Å². The van der Waals surface area contributed by atoms with Gasteiger partial charge >= 0.3 is 0 Å². The first kappa shape index (κ1) is 11.1. The van der Waals surface area contributed by atoms with Crippen molar-refractivity contribution in [2.75, 3.05) is 6.61 Å². The molecular weight excluding hydrogens is 256 g/mol. The van der Waals surface area contributed by atoms with Gasteiger partial charge in [0.1, 0.15) is 0 Å². The zero-order valence-electron chi connectivity index (χ0n) is 9.00. The third-order valence-electron chi connectivity index (χ3n) is 2.44. The summed E-state index contributed by atoms with van der Waals surface area (Å²) in [7, 11) is 0. The van der Waals surface area contributed by atoms with Crippen LogP contribution < -0.4 is 0 Å². The molecule has 0 bridgehead atoms. The van der Waals surface area contributed by atoms with Crippen molar-refractivity contribution in [3.63, 3.8) is 0 Å². The van der Waals surface area contributed by atoms with Gasteiger partial charge in [0.15, 0.2) is 5.79 Å². The Bertz CT molecular complexity index is 332. The molecule has 2 nitrogen and oxygen atoms in total. The fourth-order valence-corrected chi connectivity index (χ4v) is 2.01. The Morgan fingerprint density at radius 3 is 2.53 bits per heavy atom. The summed E-state index contributed by atoms with van der Waals surface area (Å²) in [5, 5.41) is 0. The molecule has 1 saturated heterocycles. The molecule has 0 saturated carbocycles. The minimum Gasteiger partial charge on any atom is -0.348 e. The van der Waals surface area contributed by atoms with Crippen molar-refractivity contribution in [3.05, 3.63) is 34.3 Å². The van der Waals surface area contributed by atoms with Crippen LogP contribution in [-0.2, 0) is 15.9 Å². The van der Waals surface area contributed by atoms with Crippen LogP contribution in [0, 0.1) is 0 Å². The predicted molar refractivity (Wildman–Crippen MR) is 62.8 cm³/mol. The van der Waals surface area contributed by atoms with E-state index in [9.17, 15) is 0 Å². The van der Waals surface area contributed by atoms with Gasteiger partial charge in [0.2, 0.25) is 0 Å². The lowest BCUT2D eigenvalue weighted by Gasteiger charge is -2.17. The number of benzene rings is 1. The van der Waals surface area contributed by atoms with Crippen molar-refractivity contribution < 1.29 is 9.47 Å². The lowest BCUT2D eigenvalue weighted by atomic mass is 10.1. The van der Waals surface area contributed by atoms with Crippen LogP contribution in [0.1, 0.15) is 19.4 Å². The highest BCUT2D eigenvalue weighted by atomic mass is 79.9. The molecule has 0 N–H and O–H groups in total. The van der Waals surface area contributed by atoms with E-state index in [4.69, 9.17) is 9.47 Å². The first-order chi connectivity index (χ1) is 7.05. The van der Waals surface area contributed by atoms with E-state index in [2.05, 4.69) is 40.2 Å². The molecule has 1 fully saturated rings. The molecule has 0 amide bonds. The van der Waals surface area contributed by atoms with Crippen LogP contribution in [0.5, 0.6) is 0 Å².